The fourth-order valence-electron chi connectivity index (χ4n) is 5.08. The van der Waals surface area contributed by atoms with Crippen LogP contribution in [0.25, 0.3) is 0 Å². The number of rotatable bonds is 7. The minimum absolute atomic E-state index is 0.0114. The van der Waals surface area contributed by atoms with Crippen LogP contribution in [0.5, 0.6) is 0 Å². The number of benzene rings is 2. The fourth-order valence-corrected chi connectivity index (χ4v) is 6.92. The van der Waals surface area contributed by atoms with Crippen molar-refractivity contribution in [2.24, 2.45) is 5.41 Å². The maximum atomic E-state index is 13.4. The first-order valence-electron chi connectivity index (χ1n) is 9.90. The molecule has 2 aromatic carbocycles. The van der Waals surface area contributed by atoms with Crippen molar-refractivity contribution in [3.63, 3.8) is 0 Å². The van der Waals surface area contributed by atoms with Crippen molar-refractivity contribution in [2.45, 2.75) is 44.3 Å². The molecule has 2 saturated heterocycles. The van der Waals surface area contributed by atoms with E-state index in [1.165, 1.54) is 4.31 Å². The Labute approximate surface area is 167 Å². The maximum absolute atomic E-state index is 13.4. The van der Waals surface area contributed by atoms with E-state index in [9.17, 15) is 13.5 Å². The zero-order valence-corrected chi connectivity index (χ0v) is 17.1. The van der Waals surface area contributed by atoms with Crippen LogP contribution in [0.3, 0.4) is 0 Å². The van der Waals surface area contributed by atoms with Crippen LogP contribution in [0, 0.1) is 5.41 Å². The lowest BCUT2D eigenvalue weighted by molar-refractivity contribution is 0.0882. The van der Waals surface area contributed by atoms with E-state index in [0.717, 1.165) is 30.4 Å². The van der Waals surface area contributed by atoms with E-state index in [4.69, 9.17) is 0 Å². The second-order valence-corrected chi connectivity index (χ2v) is 10.2. The van der Waals surface area contributed by atoms with E-state index in [0.29, 0.717) is 13.0 Å². The minimum atomic E-state index is -3.59. The second kappa shape index (κ2) is 7.59. The van der Waals surface area contributed by atoms with Gasteiger partial charge in [0.05, 0.1) is 6.61 Å². The summed E-state index contributed by atoms with van der Waals surface area (Å²) in [5, 5.41) is 10.3. The Morgan fingerprint density at radius 2 is 1.64 bits per heavy atom. The van der Waals surface area contributed by atoms with Crippen molar-refractivity contribution in [3.8, 4) is 0 Å². The molecule has 2 heterocycles. The van der Waals surface area contributed by atoms with Gasteiger partial charge in [0.2, 0.25) is 0 Å². The largest absolute Gasteiger partial charge is 0.396 e. The molecule has 1 N–H and O–H groups in total. The van der Waals surface area contributed by atoms with Crippen molar-refractivity contribution in [1.82, 2.24) is 8.61 Å². The smallest absolute Gasteiger partial charge is 0.282 e. The highest BCUT2D eigenvalue weighted by molar-refractivity contribution is 7.86. The van der Waals surface area contributed by atoms with Gasteiger partial charge in [0, 0.05) is 31.1 Å². The van der Waals surface area contributed by atoms with E-state index in [2.05, 4.69) is 12.1 Å². The number of aliphatic hydroxyl groups excluding tert-OH is 1. The quantitative estimate of drug-likeness (QED) is 0.777. The minimum Gasteiger partial charge on any atom is -0.396 e. The third-order valence-electron chi connectivity index (χ3n) is 6.41. The predicted octanol–water partition coefficient (Wildman–Crippen LogP) is 2.82. The predicted molar refractivity (Wildman–Crippen MR) is 110 cm³/mol. The molecule has 4 rings (SSSR count). The van der Waals surface area contributed by atoms with Gasteiger partial charge in [0.1, 0.15) is 0 Å². The molecule has 2 aliphatic rings. The highest BCUT2D eigenvalue weighted by atomic mass is 32.2. The van der Waals surface area contributed by atoms with Gasteiger partial charge in [-0.05, 0) is 36.8 Å². The van der Waals surface area contributed by atoms with Crippen molar-refractivity contribution in [2.75, 3.05) is 13.7 Å². The zero-order valence-electron chi connectivity index (χ0n) is 16.2. The Bertz CT molecular complexity index is 904. The summed E-state index contributed by atoms with van der Waals surface area (Å²) in [5.74, 6) is 0. The topological polar surface area (TPSA) is 60.9 Å². The third-order valence-corrected chi connectivity index (χ3v) is 8.41. The lowest BCUT2D eigenvalue weighted by Gasteiger charge is -2.36. The summed E-state index contributed by atoms with van der Waals surface area (Å²) in [7, 11) is -1.94. The van der Waals surface area contributed by atoms with Gasteiger partial charge in [0.25, 0.3) is 10.2 Å². The van der Waals surface area contributed by atoms with Crippen molar-refractivity contribution < 1.29 is 13.5 Å². The fraction of sp³-hybridized carbons (Fsp3) is 0.455. The molecule has 0 spiro atoms. The summed E-state index contributed by atoms with van der Waals surface area (Å²) in [6.45, 7) is 0.363. The van der Waals surface area contributed by atoms with Gasteiger partial charge in [0.15, 0.2) is 0 Å². The molecule has 6 heteroatoms. The van der Waals surface area contributed by atoms with Crippen LogP contribution in [-0.4, -0.2) is 47.9 Å². The van der Waals surface area contributed by atoms with Crippen molar-refractivity contribution in [3.05, 3.63) is 71.8 Å². The highest BCUT2D eigenvalue weighted by Gasteiger charge is 2.59. The molecule has 2 bridgehead atoms. The molecule has 2 aliphatic heterocycles. The average molecular weight is 401 g/mol. The lowest BCUT2D eigenvalue weighted by atomic mass is 9.70. The van der Waals surface area contributed by atoms with E-state index in [1.807, 2.05) is 48.5 Å². The normalized spacial score (nSPS) is 27.5. The van der Waals surface area contributed by atoms with Gasteiger partial charge in [-0.25, -0.2) is 0 Å². The van der Waals surface area contributed by atoms with Gasteiger partial charge < -0.3 is 5.11 Å². The van der Waals surface area contributed by atoms with Crippen LogP contribution >= 0.6 is 0 Å². The van der Waals surface area contributed by atoms with E-state index in [-0.39, 0.29) is 18.7 Å². The van der Waals surface area contributed by atoms with Crippen LogP contribution in [0.2, 0.25) is 0 Å². The molecule has 0 aromatic heterocycles. The molecule has 28 heavy (non-hydrogen) atoms. The first-order valence-corrected chi connectivity index (χ1v) is 11.3. The van der Waals surface area contributed by atoms with Crippen molar-refractivity contribution >= 4 is 10.2 Å². The molecule has 150 valence electrons. The number of hydrogen-bond acceptors (Lipinski definition) is 3. The Kier molecular flexibility index (Phi) is 5.31. The first-order chi connectivity index (χ1) is 13.5. The summed E-state index contributed by atoms with van der Waals surface area (Å²) < 4.78 is 30.0. The molecular weight excluding hydrogens is 372 g/mol. The molecule has 3 atom stereocenters. The molecule has 0 saturated carbocycles. The first kappa shape index (κ1) is 19.6. The summed E-state index contributed by atoms with van der Waals surface area (Å²) in [4.78, 5) is 0. The summed E-state index contributed by atoms with van der Waals surface area (Å²) in [5.41, 5.74) is 1.72. The Hall–Kier alpha value is -1.73. The number of aliphatic hydroxyl groups is 1. The summed E-state index contributed by atoms with van der Waals surface area (Å²) >= 11 is 0. The van der Waals surface area contributed by atoms with Crippen LogP contribution in [0.1, 0.15) is 30.4 Å². The molecule has 0 unspecified atom stereocenters. The van der Waals surface area contributed by atoms with Crippen LogP contribution in [0.15, 0.2) is 60.7 Å². The van der Waals surface area contributed by atoms with Gasteiger partial charge in [-0.2, -0.15) is 17.0 Å². The molecule has 5 nitrogen and oxygen atoms in total. The van der Waals surface area contributed by atoms with Gasteiger partial charge >= 0.3 is 0 Å². The lowest BCUT2D eigenvalue weighted by Crippen LogP contribution is -2.48. The Morgan fingerprint density at radius 1 is 1.04 bits per heavy atom. The summed E-state index contributed by atoms with van der Waals surface area (Å²) in [6, 6.07) is 19.6. The third kappa shape index (κ3) is 3.39. The molecule has 2 aromatic rings. The van der Waals surface area contributed by atoms with E-state index in [1.54, 1.807) is 11.4 Å². The van der Waals surface area contributed by atoms with Gasteiger partial charge in [-0.1, -0.05) is 60.7 Å². The van der Waals surface area contributed by atoms with Crippen LogP contribution in [0.4, 0.5) is 0 Å². The molecule has 0 amide bonds. The van der Waals surface area contributed by atoms with Gasteiger partial charge in [-0.3, -0.25) is 0 Å². The molecule has 0 aliphatic carbocycles. The van der Waals surface area contributed by atoms with E-state index < -0.39 is 15.6 Å². The number of nitrogens with zero attached hydrogens (tertiary/aromatic N) is 2. The van der Waals surface area contributed by atoms with Crippen LogP contribution in [-0.2, 0) is 23.2 Å². The Morgan fingerprint density at radius 3 is 2.25 bits per heavy atom. The van der Waals surface area contributed by atoms with E-state index >= 15 is 0 Å². The van der Waals surface area contributed by atoms with Crippen LogP contribution < -0.4 is 0 Å². The van der Waals surface area contributed by atoms with Gasteiger partial charge in [-0.15, -0.1) is 0 Å². The second-order valence-electron chi connectivity index (χ2n) is 8.21. The average Bonchev–Trinajstić information content (AvgIpc) is 3.26. The monoisotopic (exact) mass is 400 g/mol. The molecule has 2 fully saturated rings. The summed E-state index contributed by atoms with van der Waals surface area (Å²) in [6.07, 6.45) is 3.12. The zero-order chi connectivity index (χ0) is 19.8. The molecule has 0 radical (unpaired) electrons. The standard InChI is InChI=1S/C22H28N2O3S/c1-23(16-19-10-6-3-7-11-19)28(26,27)24-20-12-13-21(24)22(15-20,17-25)14-18-8-4-2-5-9-18/h2-11,20-21,25H,12-17H2,1H3/t20-,21+,22-/m0/s1. The highest BCUT2D eigenvalue weighted by Crippen LogP contribution is 2.52. The number of hydrogen-bond donors (Lipinski definition) is 1. The van der Waals surface area contributed by atoms with Crippen molar-refractivity contribution in [1.29, 1.82) is 0 Å². The molecular formula is C22H28N2O3S. The SMILES string of the molecule is CN(Cc1ccccc1)S(=O)(=O)N1[C@H]2CC[C@@H]1[C@@](CO)(Cc1ccccc1)C2. The number of fused-ring (bicyclic) bond motifs is 2. The maximum Gasteiger partial charge on any atom is 0.282 e. The Balaban J connectivity index is 1.58.